The van der Waals surface area contributed by atoms with Crippen LogP contribution in [0.25, 0.3) is 0 Å². The number of benzene rings is 1. The highest BCUT2D eigenvalue weighted by molar-refractivity contribution is 7.89. The number of ether oxygens (including phenoxy) is 1. The highest BCUT2D eigenvalue weighted by Gasteiger charge is 2.33. The van der Waals surface area contributed by atoms with Gasteiger partial charge in [0.15, 0.2) is 0 Å². The van der Waals surface area contributed by atoms with E-state index in [-0.39, 0.29) is 39.9 Å². The molecule has 0 unspecified atom stereocenters. The van der Waals surface area contributed by atoms with Crippen LogP contribution in [-0.2, 0) is 19.6 Å². The van der Waals surface area contributed by atoms with Crippen LogP contribution in [0.1, 0.15) is 19.8 Å². The first-order valence-corrected chi connectivity index (χ1v) is 9.18. The molecule has 1 heterocycles. The van der Waals surface area contributed by atoms with Gasteiger partial charge in [0.05, 0.1) is 22.6 Å². The molecule has 0 aliphatic carbocycles. The molecule has 0 amide bonds. The summed E-state index contributed by atoms with van der Waals surface area (Å²) < 4.78 is 31.6. The lowest BCUT2D eigenvalue weighted by atomic mass is 9.98. The minimum atomic E-state index is -3.71. The normalized spacial score (nSPS) is 17.4. The Morgan fingerprint density at radius 1 is 1.32 bits per heavy atom. The summed E-state index contributed by atoms with van der Waals surface area (Å²) in [5, 5.41) is 0.223. The van der Waals surface area contributed by atoms with Gasteiger partial charge in [-0.15, -0.1) is 0 Å². The molecule has 1 aliphatic rings. The molecule has 1 aromatic rings. The van der Waals surface area contributed by atoms with E-state index in [4.69, 9.17) is 27.9 Å². The van der Waals surface area contributed by atoms with Crippen molar-refractivity contribution in [2.75, 3.05) is 19.7 Å². The zero-order valence-corrected chi connectivity index (χ0v) is 14.4. The number of nitrogens with zero attached hydrogens (tertiary/aromatic N) is 1. The fourth-order valence-corrected chi connectivity index (χ4v) is 4.62. The van der Waals surface area contributed by atoms with E-state index in [1.807, 2.05) is 0 Å². The topological polar surface area (TPSA) is 63.7 Å². The molecule has 2 rings (SSSR count). The van der Waals surface area contributed by atoms with Crippen LogP contribution in [0, 0.1) is 5.92 Å². The van der Waals surface area contributed by atoms with Crippen LogP contribution in [0.5, 0.6) is 0 Å². The number of hydrogen-bond acceptors (Lipinski definition) is 4. The summed E-state index contributed by atoms with van der Waals surface area (Å²) in [6.45, 7) is 2.59. The van der Waals surface area contributed by atoms with Crippen molar-refractivity contribution in [1.29, 1.82) is 0 Å². The SMILES string of the molecule is CCOC(=O)C1CCN(S(=O)(=O)c2cccc(Cl)c2Cl)CC1. The van der Waals surface area contributed by atoms with Crippen molar-refractivity contribution in [1.82, 2.24) is 4.31 Å². The molecule has 22 heavy (non-hydrogen) atoms. The van der Waals surface area contributed by atoms with Gasteiger partial charge >= 0.3 is 5.97 Å². The largest absolute Gasteiger partial charge is 0.466 e. The molecule has 0 bridgehead atoms. The summed E-state index contributed by atoms with van der Waals surface area (Å²) in [4.78, 5) is 11.7. The van der Waals surface area contributed by atoms with Crippen molar-refractivity contribution in [3.8, 4) is 0 Å². The number of halogens is 2. The highest BCUT2D eigenvalue weighted by Crippen LogP contribution is 2.32. The number of hydrogen-bond donors (Lipinski definition) is 0. The Kier molecular flexibility index (Phi) is 5.71. The van der Waals surface area contributed by atoms with Crippen molar-refractivity contribution in [2.45, 2.75) is 24.7 Å². The van der Waals surface area contributed by atoms with Crippen molar-refractivity contribution >= 4 is 39.2 Å². The molecule has 1 aliphatic heterocycles. The molecule has 5 nitrogen and oxygen atoms in total. The summed E-state index contributed by atoms with van der Waals surface area (Å²) in [6, 6.07) is 4.52. The predicted octanol–water partition coefficient (Wildman–Crippen LogP) is 2.96. The molecule has 0 atom stereocenters. The van der Waals surface area contributed by atoms with E-state index in [0.29, 0.717) is 19.4 Å². The molecule has 0 aromatic heterocycles. The van der Waals surface area contributed by atoms with Crippen LogP contribution < -0.4 is 0 Å². The van der Waals surface area contributed by atoms with Gasteiger partial charge in [0, 0.05) is 13.1 Å². The van der Waals surface area contributed by atoms with Gasteiger partial charge in [0.2, 0.25) is 10.0 Å². The number of esters is 1. The van der Waals surface area contributed by atoms with E-state index in [9.17, 15) is 13.2 Å². The third kappa shape index (κ3) is 3.56. The fraction of sp³-hybridized carbons (Fsp3) is 0.500. The monoisotopic (exact) mass is 365 g/mol. The first-order chi connectivity index (χ1) is 10.4. The summed E-state index contributed by atoms with van der Waals surface area (Å²) in [5.41, 5.74) is 0. The predicted molar refractivity (Wildman–Crippen MR) is 84.6 cm³/mol. The number of piperidine rings is 1. The van der Waals surface area contributed by atoms with Gasteiger partial charge in [-0.3, -0.25) is 4.79 Å². The molecular formula is C14H17Cl2NO4S. The third-order valence-corrected chi connectivity index (χ3v) is 6.48. The van der Waals surface area contributed by atoms with Crippen LogP contribution in [0.2, 0.25) is 10.0 Å². The van der Waals surface area contributed by atoms with Crippen LogP contribution in [-0.4, -0.2) is 38.4 Å². The first kappa shape index (κ1) is 17.5. The van der Waals surface area contributed by atoms with Crippen molar-refractivity contribution in [3.05, 3.63) is 28.2 Å². The maximum absolute atomic E-state index is 12.6. The molecule has 0 radical (unpaired) electrons. The lowest BCUT2D eigenvalue weighted by molar-refractivity contribution is -0.149. The molecule has 1 aromatic carbocycles. The van der Waals surface area contributed by atoms with E-state index in [2.05, 4.69) is 0 Å². The molecule has 122 valence electrons. The summed E-state index contributed by atoms with van der Waals surface area (Å²) in [7, 11) is -3.71. The lowest BCUT2D eigenvalue weighted by Crippen LogP contribution is -2.40. The number of sulfonamides is 1. The van der Waals surface area contributed by atoms with Gasteiger partial charge in [-0.05, 0) is 31.9 Å². The van der Waals surface area contributed by atoms with Crippen molar-refractivity contribution in [3.63, 3.8) is 0 Å². The zero-order valence-electron chi connectivity index (χ0n) is 12.1. The van der Waals surface area contributed by atoms with Crippen LogP contribution in [0.3, 0.4) is 0 Å². The average Bonchev–Trinajstić information content (AvgIpc) is 2.50. The van der Waals surface area contributed by atoms with E-state index in [1.165, 1.54) is 16.4 Å². The molecule has 0 N–H and O–H groups in total. The number of carbonyl (C=O) groups is 1. The van der Waals surface area contributed by atoms with Gasteiger partial charge in [-0.1, -0.05) is 29.3 Å². The van der Waals surface area contributed by atoms with Gasteiger partial charge < -0.3 is 4.74 Å². The van der Waals surface area contributed by atoms with Crippen LogP contribution in [0.15, 0.2) is 23.1 Å². The second kappa shape index (κ2) is 7.17. The molecular weight excluding hydrogens is 349 g/mol. The molecule has 0 saturated carbocycles. The van der Waals surface area contributed by atoms with Gasteiger partial charge in [-0.2, -0.15) is 4.31 Å². The quantitative estimate of drug-likeness (QED) is 0.769. The van der Waals surface area contributed by atoms with E-state index in [0.717, 1.165) is 0 Å². The molecule has 1 fully saturated rings. The Labute approximate surface area is 140 Å². The maximum atomic E-state index is 12.6. The number of rotatable bonds is 4. The molecule has 0 spiro atoms. The smallest absolute Gasteiger partial charge is 0.309 e. The Hall–Kier alpha value is -0.820. The van der Waals surface area contributed by atoms with Gasteiger partial charge in [0.1, 0.15) is 4.90 Å². The minimum Gasteiger partial charge on any atom is -0.466 e. The standard InChI is InChI=1S/C14H17Cl2NO4S/c1-2-21-14(18)10-6-8-17(9-7-10)22(19,20)12-5-3-4-11(15)13(12)16/h3-5,10H,2,6-9H2,1H3. The van der Waals surface area contributed by atoms with E-state index < -0.39 is 10.0 Å². The fourth-order valence-electron chi connectivity index (χ4n) is 2.41. The van der Waals surface area contributed by atoms with Crippen LogP contribution in [0.4, 0.5) is 0 Å². The summed E-state index contributed by atoms with van der Waals surface area (Å²) in [6.07, 6.45) is 0.881. The molecule has 8 heteroatoms. The lowest BCUT2D eigenvalue weighted by Gasteiger charge is -2.30. The Bertz CT molecular complexity index is 655. The summed E-state index contributed by atoms with van der Waals surface area (Å²) >= 11 is 11.9. The van der Waals surface area contributed by atoms with Gasteiger partial charge in [-0.25, -0.2) is 8.42 Å². The highest BCUT2D eigenvalue weighted by atomic mass is 35.5. The van der Waals surface area contributed by atoms with Crippen molar-refractivity contribution < 1.29 is 17.9 Å². The van der Waals surface area contributed by atoms with E-state index >= 15 is 0 Å². The average molecular weight is 366 g/mol. The Balaban J connectivity index is 2.13. The van der Waals surface area contributed by atoms with E-state index in [1.54, 1.807) is 13.0 Å². The Morgan fingerprint density at radius 2 is 1.95 bits per heavy atom. The van der Waals surface area contributed by atoms with Crippen molar-refractivity contribution in [2.24, 2.45) is 5.92 Å². The second-order valence-electron chi connectivity index (χ2n) is 4.98. The van der Waals surface area contributed by atoms with Gasteiger partial charge in [0.25, 0.3) is 0 Å². The minimum absolute atomic E-state index is 0.00347. The zero-order chi connectivity index (χ0) is 16.3. The molecule has 1 saturated heterocycles. The Morgan fingerprint density at radius 3 is 2.55 bits per heavy atom. The van der Waals surface area contributed by atoms with Crippen LogP contribution >= 0.6 is 23.2 Å². The first-order valence-electron chi connectivity index (χ1n) is 6.98. The maximum Gasteiger partial charge on any atom is 0.309 e. The second-order valence-corrected chi connectivity index (χ2v) is 7.67. The summed E-state index contributed by atoms with van der Waals surface area (Å²) in [5.74, 6) is -0.512. The number of carbonyl (C=O) groups excluding carboxylic acids is 1. The third-order valence-electron chi connectivity index (χ3n) is 3.61.